The summed E-state index contributed by atoms with van der Waals surface area (Å²) >= 11 is 0. The molecule has 1 aromatic rings. The smallest absolute Gasteiger partial charge is 0.408 e. The lowest BCUT2D eigenvalue weighted by atomic mass is 9.99. The molecule has 0 aliphatic heterocycles. The molecule has 210 valence electrons. The molecule has 3 amide bonds. The maximum Gasteiger partial charge on any atom is 0.408 e. The standard InChI is InChI=1S/C29H49N3O5/c1-8-11-12-13-19-32(27(35)24(20-33)31-28(36)37-29(5,6)7)25(26(34)30-21(4)14-9-2)23-17-15-22(10-3)16-18-23/h15-18,21,24-25,33H,8-14,19-20H2,1-7H3,(H,30,34)(H,31,36). The molecule has 0 radical (unpaired) electrons. The average Bonchev–Trinajstić information content (AvgIpc) is 2.83. The molecule has 3 unspecified atom stereocenters. The van der Waals surface area contributed by atoms with Crippen molar-refractivity contribution < 1.29 is 24.2 Å². The van der Waals surface area contributed by atoms with Crippen LogP contribution in [0.1, 0.15) is 104 Å². The van der Waals surface area contributed by atoms with Gasteiger partial charge in [0.25, 0.3) is 0 Å². The van der Waals surface area contributed by atoms with Gasteiger partial charge >= 0.3 is 6.09 Å². The quantitative estimate of drug-likeness (QED) is 0.286. The van der Waals surface area contributed by atoms with Crippen LogP contribution in [0.3, 0.4) is 0 Å². The Labute approximate surface area is 223 Å². The highest BCUT2D eigenvalue weighted by atomic mass is 16.6. The summed E-state index contributed by atoms with van der Waals surface area (Å²) in [6.45, 7) is 13.0. The number of carbonyl (C=O) groups excluding carboxylic acids is 3. The van der Waals surface area contributed by atoms with Crippen molar-refractivity contribution in [1.82, 2.24) is 15.5 Å². The van der Waals surface area contributed by atoms with E-state index in [0.717, 1.165) is 44.1 Å². The van der Waals surface area contributed by atoms with E-state index < -0.39 is 36.3 Å². The Morgan fingerprint density at radius 3 is 2.14 bits per heavy atom. The van der Waals surface area contributed by atoms with Gasteiger partial charge in [-0.1, -0.05) is 70.7 Å². The third kappa shape index (κ3) is 11.5. The number of carbonyl (C=O) groups is 3. The minimum absolute atomic E-state index is 0.0551. The van der Waals surface area contributed by atoms with Gasteiger partial charge in [-0.05, 0) is 58.1 Å². The van der Waals surface area contributed by atoms with E-state index >= 15 is 0 Å². The van der Waals surface area contributed by atoms with Crippen molar-refractivity contribution in [3.05, 3.63) is 35.4 Å². The molecule has 0 saturated heterocycles. The zero-order valence-electron chi connectivity index (χ0n) is 23.9. The molecule has 0 aliphatic carbocycles. The number of amides is 3. The zero-order chi connectivity index (χ0) is 28.0. The van der Waals surface area contributed by atoms with Gasteiger partial charge < -0.3 is 25.4 Å². The van der Waals surface area contributed by atoms with Gasteiger partial charge in [-0.3, -0.25) is 9.59 Å². The van der Waals surface area contributed by atoms with Crippen molar-refractivity contribution in [1.29, 1.82) is 0 Å². The molecule has 0 saturated carbocycles. The molecule has 0 aliphatic rings. The van der Waals surface area contributed by atoms with Crippen molar-refractivity contribution in [2.24, 2.45) is 0 Å². The Morgan fingerprint density at radius 2 is 1.62 bits per heavy atom. The van der Waals surface area contributed by atoms with E-state index in [1.165, 1.54) is 4.90 Å². The van der Waals surface area contributed by atoms with Gasteiger partial charge in [-0.2, -0.15) is 0 Å². The monoisotopic (exact) mass is 519 g/mol. The molecule has 0 heterocycles. The Hall–Kier alpha value is -2.61. The Morgan fingerprint density at radius 1 is 0.973 bits per heavy atom. The van der Waals surface area contributed by atoms with Crippen molar-refractivity contribution in [3.63, 3.8) is 0 Å². The van der Waals surface area contributed by atoms with Crippen molar-refractivity contribution in [2.45, 2.75) is 117 Å². The molecule has 8 heteroatoms. The molecule has 3 atom stereocenters. The van der Waals surface area contributed by atoms with Gasteiger partial charge in [0.2, 0.25) is 11.8 Å². The maximum absolute atomic E-state index is 13.8. The third-order valence-corrected chi connectivity index (χ3v) is 6.08. The van der Waals surface area contributed by atoms with E-state index in [9.17, 15) is 19.5 Å². The fourth-order valence-electron chi connectivity index (χ4n) is 4.15. The molecular weight excluding hydrogens is 470 g/mol. The highest BCUT2D eigenvalue weighted by Gasteiger charge is 2.36. The molecule has 1 rings (SSSR count). The number of benzene rings is 1. The topological polar surface area (TPSA) is 108 Å². The number of nitrogens with zero attached hydrogens (tertiary/aromatic N) is 1. The summed E-state index contributed by atoms with van der Waals surface area (Å²) in [6, 6.07) is 5.51. The van der Waals surface area contributed by atoms with Crippen LogP contribution < -0.4 is 10.6 Å². The summed E-state index contributed by atoms with van der Waals surface area (Å²) in [5.41, 5.74) is 1.06. The molecule has 0 spiro atoms. The van der Waals surface area contributed by atoms with E-state index in [1.807, 2.05) is 31.2 Å². The van der Waals surface area contributed by atoms with E-state index in [4.69, 9.17) is 4.74 Å². The second-order valence-electron chi connectivity index (χ2n) is 10.7. The van der Waals surface area contributed by atoms with Crippen LogP contribution in [-0.2, 0) is 20.7 Å². The Kier molecular flexibility index (Phi) is 14.3. The summed E-state index contributed by atoms with van der Waals surface area (Å²) in [5, 5.41) is 15.6. The fourth-order valence-corrected chi connectivity index (χ4v) is 4.15. The van der Waals surface area contributed by atoms with Gasteiger partial charge in [0.15, 0.2) is 0 Å². The molecule has 37 heavy (non-hydrogen) atoms. The predicted octanol–water partition coefficient (Wildman–Crippen LogP) is 4.89. The number of aliphatic hydroxyl groups is 1. The van der Waals surface area contributed by atoms with Gasteiger partial charge in [0.1, 0.15) is 17.7 Å². The van der Waals surface area contributed by atoms with Crippen LogP contribution in [0.5, 0.6) is 0 Å². The lowest BCUT2D eigenvalue weighted by molar-refractivity contribution is -0.143. The van der Waals surface area contributed by atoms with Crippen molar-refractivity contribution in [2.75, 3.05) is 13.2 Å². The van der Waals surface area contributed by atoms with Crippen LogP contribution in [0.4, 0.5) is 4.79 Å². The molecule has 8 nitrogen and oxygen atoms in total. The molecule has 0 fully saturated rings. The number of unbranched alkanes of at least 4 members (excludes halogenated alkanes) is 3. The minimum Gasteiger partial charge on any atom is -0.444 e. The second kappa shape index (κ2) is 16.3. The molecule has 1 aromatic carbocycles. The van der Waals surface area contributed by atoms with E-state index in [2.05, 4.69) is 31.4 Å². The van der Waals surface area contributed by atoms with E-state index in [-0.39, 0.29) is 11.9 Å². The second-order valence-corrected chi connectivity index (χ2v) is 10.7. The zero-order valence-corrected chi connectivity index (χ0v) is 23.9. The van der Waals surface area contributed by atoms with Gasteiger partial charge in [0.05, 0.1) is 6.61 Å². The predicted molar refractivity (Wildman–Crippen MR) is 147 cm³/mol. The van der Waals surface area contributed by atoms with Crippen molar-refractivity contribution >= 4 is 17.9 Å². The normalized spacial score (nSPS) is 13.8. The lowest BCUT2D eigenvalue weighted by Crippen LogP contribution is -2.55. The number of hydrogen-bond acceptors (Lipinski definition) is 5. The number of ether oxygens (including phenoxy) is 1. The lowest BCUT2D eigenvalue weighted by Gasteiger charge is -2.35. The van der Waals surface area contributed by atoms with Crippen LogP contribution in [0.25, 0.3) is 0 Å². The summed E-state index contributed by atoms with van der Waals surface area (Å²) in [6.07, 6.45) is 5.44. The first-order chi connectivity index (χ1) is 17.5. The van der Waals surface area contributed by atoms with Crippen molar-refractivity contribution in [3.8, 4) is 0 Å². The first kappa shape index (κ1) is 32.4. The molecule has 0 aromatic heterocycles. The number of alkyl carbamates (subject to hydrolysis) is 1. The fraction of sp³-hybridized carbons (Fsp3) is 0.690. The minimum atomic E-state index is -1.24. The Balaban J connectivity index is 3.40. The highest BCUT2D eigenvalue weighted by Crippen LogP contribution is 2.25. The number of aliphatic hydroxyl groups excluding tert-OH is 1. The summed E-state index contributed by atoms with van der Waals surface area (Å²) < 4.78 is 5.30. The largest absolute Gasteiger partial charge is 0.444 e. The average molecular weight is 520 g/mol. The van der Waals surface area contributed by atoms with Crippen LogP contribution in [0.2, 0.25) is 0 Å². The van der Waals surface area contributed by atoms with Gasteiger partial charge in [-0.15, -0.1) is 0 Å². The number of hydrogen-bond donors (Lipinski definition) is 3. The van der Waals surface area contributed by atoms with E-state index in [0.29, 0.717) is 18.5 Å². The van der Waals surface area contributed by atoms with Crippen LogP contribution in [0, 0.1) is 0 Å². The number of nitrogens with one attached hydrogen (secondary N) is 2. The summed E-state index contributed by atoms with van der Waals surface area (Å²) in [4.78, 5) is 41.4. The third-order valence-electron chi connectivity index (χ3n) is 6.08. The van der Waals surface area contributed by atoms with Crippen LogP contribution >= 0.6 is 0 Å². The summed E-state index contributed by atoms with van der Waals surface area (Å²) in [7, 11) is 0. The maximum atomic E-state index is 13.8. The number of rotatable bonds is 15. The first-order valence-electron chi connectivity index (χ1n) is 13.8. The first-order valence-corrected chi connectivity index (χ1v) is 13.8. The van der Waals surface area contributed by atoms with Crippen LogP contribution in [-0.4, -0.2) is 58.8 Å². The number of aryl methyl sites for hydroxylation is 1. The SMILES string of the molecule is CCCCCCN(C(=O)C(CO)NC(=O)OC(C)(C)C)C(C(=O)NC(C)CCC)c1ccc(CC)cc1. The van der Waals surface area contributed by atoms with Gasteiger partial charge in [-0.25, -0.2) is 4.79 Å². The van der Waals surface area contributed by atoms with Gasteiger partial charge in [0, 0.05) is 12.6 Å². The Bertz CT molecular complexity index is 835. The summed E-state index contributed by atoms with van der Waals surface area (Å²) in [5.74, 6) is -0.796. The highest BCUT2D eigenvalue weighted by molar-refractivity contribution is 5.92. The molecule has 3 N–H and O–H groups in total. The van der Waals surface area contributed by atoms with E-state index in [1.54, 1.807) is 20.8 Å². The van der Waals surface area contributed by atoms with Crippen LogP contribution in [0.15, 0.2) is 24.3 Å². The molecular formula is C29H49N3O5. The molecule has 0 bridgehead atoms.